The Bertz CT molecular complexity index is 583. The van der Waals surface area contributed by atoms with E-state index in [2.05, 4.69) is 15.3 Å². The predicted octanol–water partition coefficient (Wildman–Crippen LogP) is 2.36. The van der Waals surface area contributed by atoms with E-state index in [4.69, 9.17) is 0 Å². The maximum atomic E-state index is 13.0. The first-order chi connectivity index (χ1) is 8.36. The minimum atomic E-state index is -0.432. The van der Waals surface area contributed by atoms with Crippen LogP contribution in [-0.4, -0.2) is 15.9 Å². The predicted molar refractivity (Wildman–Crippen MR) is 67.4 cm³/mol. The lowest BCUT2D eigenvalue weighted by Crippen LogP contribution is -2.34. The fourth-order valence-electron chi connectivity index (χ4n) is 1.55. The first-order valence-electron chi connectivity index (χ1n) is 5.79. The SMILES string of the molecule is CC(C)(C)C(=O)NCc1nc2ccc(F)cc2[nH]1. The highest BCUT2D eigenvalue weighted by molar-refractivity contribution is 5.81. The van der Waals surface area contributed by atoms with Gasteiger partial charge in [0.05, 0.1) is 17.6 Å². The van der Waals surface area contributed by atoms with Gasteiger partial charge in [-0.3, -0.25) is 4.79 Å². The van der Waals surface area contributed by atoms with Crippen LogP contribution in [0.15, 0.2) is 18.2 Å². The van der Waals surface area contributed by atoms with Gasteiger partial charge in [-0.25, -0.2) is 9.37 Å². The zero-order valence-electron chi connectivity index (χ0n) is 10.7. The first kappa shape index (κ1) is 12.5. The molecule has 18 heavy (non-hydrogen) atoms. The van der Waals surface area contributed by atoms with Crippen LogP contribution in [0, 0.1) is 11.2 Å². The maximum Gasteiger partial charge on any atom is 0.225 e. The summed E-state index contributed by atoms with van der Waals surface area (Å²) >= 11 is 0. The van der Waals surface area contributed by atoms with Gasteiger partial charge in [0.15, 0.2) is 0 Å². The molecule has 0 unspecified atom stereocenters. The molecule has 0 atom stereocenters. The number of carbonyl (C=O) groups excluding carboxylic acids is 1. The topological polar surface area (TPSA) is 57.8 Å². The van der Waals surface area contributed by atoms with Gasteiger partial charge in [0.25, 0.3) is 0 Å². The van der Waals surface area contributed by atoms with Crippen molar-refractivity contribution in [1.29, 1.82) is 0 Å². The molecule has 0 aliphatic heterocycles. The van der Waals surface area contributed by atoms with Crippen molar-refractivity contribution in [2.45, 2.75) is 27.3 Å². The second-order valence-corrected chi connectivity index (χ2v) is 5.28. The van der Waals surface area contributed by atoms with Crippen LogP contribution >= 0.6 is 0 Å². The number of amides is 1. The third kappa shape index (κ3) is 2.67. The number of aromatic nitrogens is 2. The molecule has 2 rings (SSSR count). The average Bonchev–Trinajstić information content (AvgIpc) is 2.66. The molecule has 0 aliphatic carbocycles. The molecule has 0 radical (unpaired) electrons. The van der Waals surface area contributed by atoms with E-state index < -0.39 is 5.41 Å². The highest BCUT2D eigenvalue weighted by Gasteiger charge is 2.20. The zero-order chi connectivity index (χ0) is 13.3. The second kappa shape index (κ2) is 4.40. The van der Waals surface area contributed by atoms with Gasteiger partial charge in [-0.1, -0.05) is 20.8 Å². The number of hydrogen-bond acceptors (Lipinski definition) is 2. The van der Waals surface area contributed by atoms with Crippen molar-refractivity contribution in [3.63, 3.8) is 0 Å². The Kier molecular flexibility index (Phi) is 3.07. The summed E-state index contributed by atoms with van der Waals surface area (Å²) in [5, 5.41) is 2.79. The van der Waals surface area contributed by atoms with Gasteiger partial charge in [-0.2, -0.15) is 0 Å². The Morgan fingerprint density at radius 1 is 1.44 bits per heavy atom. The van der Waals surface area contributed by atoms with E-state index in [1.54, 1.807) is 6.07 Å². The summed E-state index contributed by atoms with van der Waals surface area (Å²) in [5.74, 6) is 0.263. The van der Waals surface area contributed by atoms with Crippen molar-refractivity contribution in [1.82, 2.24) is 15.3 Å². The standard InChI is InChI=1S/C13H16FN3O/c1-13(2,3)12(18)15-7-11-16-9-5-4-8(14)6-10(9)17-11/h4-6H,7H2,1-3H3,(H,15,18)(H,16,17). The quantitative estimate of drug-likeness (QED) is 0.858. The third-order valence-corrected chi connectivity index (χ3v) is 2.59. The van der Waals surface area contributed by atoms with Crippen LogP contribution in [0.4, 0.5) is 4.39 Å². The van der Waals surface area contributed by atoms with Gasteiger partial charge >= 0.3 is 0 Å². The molecular weight excluding hydrogens is 233 g/mol. The molecule has 0 saturated carbocycles. The number of rotatable bonds is 2. The van der Waals surface area contributed by atoms with Crippen molar-refractivity contribution < 1.29 is 9.18 Å². The van der Waals surface area contributed by atoms with E-state index in [1.807, 2.05) is 20.8 Å². The molecule has 0 bridgehead atoms. The number of benzene rings is 1. The number of H-pyrrole nitrogens is 1. The van der Waals surface area contributed by atoms with Crippen molar-refractivity contribution in [2.24, 2.45) is 5.41 Å². The van der Waals surface area contributed by atoms with Gasteiger partial charge in [-0.05, 0) is 18.2 Å². The molecule has 4 nitrogen and oxygen atoms in total. The van der Waals surface area contributed by atoms with Crippen LogP contribution in [0.1, 0.15) is 26.6 Å². The zero-order valence-corrected chi connectivity index (χ0v) is 10.7. The van der Waals surface area contributed by atoms with Crippen molar-refractivity contribution in [2.75, 3.05) is 0 Å². The number of imidazole rings is 1. The van der Waals surface area contributed by atoms with Crippen molar-refractivity contribution >= 4 is 16.9 Å². The molecule has 5 heteroatoms. The highest BCUT2D eigenvalue weighted by Crippen LogP contribution is 2.14. The van der Waals surface area contributed by atoms with Crippen LogP contribution in [0.2, 0.25) is 0 Å². The Morgan fingerprint density at radius 3 is 2.83 bits per heavy atom. The normalized spacial score (nSPS) is 11.8. The summed E-state index contributed by atoms with van der Waals surface area (Å²) in [6.45, 7) is 5.84. The van der Waals surface area contributed by atoms with E-state index in [9.17, 15) is 9.18 Å². The molecule has 1 aromatic heterocycles. The van der Waals surface area contributed by atoms with Crippen LogP contribution in [0.25, 0.3) is 11.0 Å². The summed E-state index contributed by atoms with van der Waals surface area (Å²) in [6, 6.07) is 4.36. The lowest BCUT2D eigenvalue weighted by Gasteiger charge is -2.16. The number of nitrogens with zero attached hydrogens (tertiary/aromatic N) is 1. The van der Waals surface area contributed by atoms with E-state index in [-0.39, 0.29) is 11.7 Å². The van der Waals surface area contributed by atoms with Crippen LogP contribution in [0.5, 0.6) is 0 Å². The molecule has 2 aromatic rings. The van der Waals surface area contributed by atoms with Crippen LogP contribution < -0.4 is 5.32 Å². The summed E-state index contributed by atoms with van der Waals surface area (Å²) in [6.07, 6.45) is 0. The molecule has 96 valence electrons. The fourth-order valence-corrected chi connectivity index (χ4v) is 1.55. The Morgan fingerprint density at radius 2 is 2.17 bits per heavy atom. The number of nitrogens with one attached hydrogen (secondary N) is 2. The largest absolute Gasteiger partial charge is 0.348 e. The maximum absolute atomic E-state index is 13.0. The molecule has 1 amide bonds. The number of hydrogen-bond donors (Lipinski definition) is 2. The number of halogens is 1. The van der Waals surface area contributed by atoms with Crippen LogP contribution in [0.3, 0.4) is 0 Å². The van der Waals surface area contributed by atoms with Crippen molar-refractivity contribution in [3.05, 3.63) is 29.8 Å². The minimum Gasteiger partial charge on any atom is -0.348 e. The third-order valence-electron chi connectivity index (χ3n) is 2.59. The number of fused-ring (bicyclic) bond motifs is 1. The molecule has 0 saturated heterocycles. The van der Waals surface area contributed by atoms with E-state index in [0.717, 1.165) is 0 Å². The first-order valence-corrected chi connectivity index (χ1v) is 5.79. The summed E-state index contributed by atoms with van der Waals surface area (Å²) in [7, 11) is 0. The van der Waals surface area contributed by atoms with Gasteiger partial charge in [-0.15, -0.1) is 0 Å². The van der Waals surface area contributed by atoms with Crippen molar-refractivity contribution in [3.8, 4) is 0 Å². The molecular formula is C13H16FN3O. The smallest absolute Gasteiger partial charge is 0.225 e. The lowest BCUT2D eigenvalue weighted by atomic mass is 9.96. The van der Waals surface area contributed by atoms with Gasteiger partial charge in [0, 0.05) is 5.41 Å². The average molecular weight is 249 g/mol. The fraction of sp³-hybridized carbons (Fsp3) is 0.385. The molecule has 0 spiro atoms. The van der Waals surface area contributed by atoms with Gasteiger partial charge < -0.3 is 10.3 Å². The Hall–Kier alpha value is -1.91. The van der Waals surface area contributed by atoms with E-state index in [1.165, 1.54) is 12.1 Å². The van der Waals surface area contributed by atoms with E-state index in [0.29, 0.717) is 23.4 Å². The molecule has 2 N–H and O–H groups in total. The summed E-state index contributed by atoms with van der Waals surface area (Å²) < 4.78 is 13.0. The van der Waals surface area contributed by atoms with Crippen LogP contribution in [-0.2, 0) is 11.3 Å². The summed E-state index contributed by atoms with van der Waals surface area (Å²) in [5.41, 5.74) is 0.893. The molecule has 1 heterocycles. The Labute approximate surface area is 105 Å². The van der Waals surface area contributed by atoms with Gasteiger partial charge in [0.1, 0.15) is 11.6 Å². The molecule has 1 aromatic carbocycles. The van der Waals surface area contributed by atoms with E-state index >= 15 is 0 Å². The Balaban J connectivity index is 2.11. The number of carbonyl (C=O) groups is 1. The molecule has 0 fully saturated rings. The second-order valence-electron chi connectivity index (χ2n) is 5.28. The number of aromatic amines is 1. The lowest BCUT2D eigenvalue weighted by molar-refractivity contribution is -0.128. The van der Waals surface area contributed by atoms with Gasteiger partial charge in [0.2, 0.25) is 5.91 Å². The minimum absolute atomic E-state index is 0.0471. The summed E-state index contributed by atoms with van der Waals surface area (Å²) in [4.78, 5) is 18.9. The monoisotopic (exact) mass is 249 g/mol. The molecule has 0 aliphatic rings. The highest BCUT2D eigenvalue weighted by atomic mass is 19.1.